The van der Waals surface area contributed by atoms with Crippen LogP contribution in [0.25, 0.3) is 0 Å². The molecule has 0 saturated carbocycles. The second-order valence-corrected chi connectivity index (χ2v) is 4.19. The number of methoxy groups -OCH3 is 1. The van der Waals surface area contributed by atoms with Gasteiger partial charge in [-0.15, -0.1) is 0 Å². The van der Waals surface area contributed by atoms with Crippen LogP contribution in [0.4, 0.5) is 0 Å². The van der Waals surface area contributed by atoms with Crippen molar-refractivity contribution in [3.63, 3.8) is 0 Å². The van der Waals surface area contributed by atoms with Crippen molar-refractivity contribution >= 4 is 5.91 Å². The highest BCUT2D eigenvalue weighted by Crippen LogP contribution is 2.20. The lowest BCUT2D eigenvalue weighted by atomic mass is 10.2. The fourth-order valence-electron chi connectivity index (χ4n) is 1.96. The van der Waals surface area contributed by atoms with Gasteiger partial charge in [-0.3, -0.25) is 4.79 Å². The van der Waals surface area contributed by atoms with Gasteiger partial charge in [-0.05, 0) is 30.5 Å². The van der Waals surface area contributed by atoms with Gasteiger partial charge in [0.2, 0.25) is 5.91 Å². The quantitative estimate of drug-likeness (QED) is 0.775. The van der Waals surface area contributed by atoms with Gasteiger partial charge in [0.15, 0.2) is 0 Å². The second kappa shape index (κ2) is 4.56. The van der Waals surface area contributed by atoms with E-state index in [1.54, 1.807) is 7.11 Å². The van der Waals surface area contributed by atoms with Crippen LogP contribution >= 0.6 is 0 Å². The van der Waals surface area contributed by atoms with Crippen molar-refractivity contribution < 1.29 is 9.53 Å². The van der Waals surface area contributed by atoms with Crippen molar-refractivity contribution in [3.8, 4) is 5.75 Å². The first-order valence-electron chi connectivity index (χ1n) is 5.43. The number of benzene rings is 1. The van der Waals surface area contributed by atoms with Crippen molar-refractivity contribution in [3.05, 3.63) is 36.8 Å². The number of carbonyl (C=O) groups excluding carboxylic acids is 1. The maximum Gasteiger partial charge on any atom is 0.223 e. The van der Waals surface area contributed by atoms with Crippen LogP contribution in [0.15, 0.2) is 24.3 Å². The molecular formula is C13H16NO2. The molecule has 1 aliphatic heterocycles. The highest BCUT2D eigenvalue weighted by Gasteiger charge is 2.26. The normalized spacial score (nSPS) is 20.2. The molecule has 1 aromatic carbocycles. The average Bonchev–Trinajstić information content (AvgIpc) is 2.59. The van der Waals surface area contributed by atoms with E-state index in [4.69, 9.17) is 4.74 Å². The molecule has 1 radical (unpaired) electrons. The molecule has 1 fully saturated rings. The maximum atomic E-state index is 11.6. The zero-order valence-electron chi connectivity index (χ0n) is 9.48. The number of likely N-dealkylation sites (tertiary alicyclic amines) is 1. The zero-order chi connectivity index (χ0) is 11.5. The van der Waals surface area contributed by atoms with Crippen LogP contribution in [-0.2, 0) is 11.3 Å². The average molecular weight is 218 g/mol. The van der Waals surface area contributed by atoms with Crippen molar-refractivity contribution in [1.29, 1.82) is 0 Å². The van der Waals surface area contributed by atoms with Gasteiger partial charge in [-0.25, -0.2) is 0 Å². The SMILES string of the molecule is [CH2]C1CC(=O)N(Cc2ccc(OC)cc2)C1. The largest absolute Gasteiger partial charge is 0.497 e. The summed E-state index contributed by atoms with van der Waals surface area (Å²) in [6, 6.07) is 7.81. The summed E-state index contributed by atoms with van der Waals surface area (Å²) in [5.74, 6) is 1.29. The Balaban J connectivity index is 2.01. The summed E-state index contributed by atoms with van der Waals surface area (Å²) in [6.07, 6.45) is 0.580. The zero-order valence-corrected chi connectivity index (χ0v) is 9.48. The molecule has 3 nitrogen and oxygen atoms in total. The van der Waals surface area contributed by atoms with E-state index >= 15 is 0 Å². The summed E-state index contributed by atoms with van der Waals surface area (Å²) in [6.45, 7) is 5.37. The van der Waals surface area contributed by atoms with E-state index in [0.717, 1.165) is 17.9 Å². The molecule has 3 heteroatoms. The van der Waals surface area contributed by atoms with Crippen LogP contribution in [0.3, 0.4) is 0 Å². The Kier molecular flexibility index (Phi) is 3.13. The standard InChI is InChI=1S/C13H16NO2/c1-10-7-13(15)14(8-10)9-11-3-5-12(16-2)6-4-11/h3-6,10H,1,7-9H2,2H3. The lowest BCUT2D eigenvalue weighted by molar-refractivity contribution is -0.128. The predicted molar refractivity (Wildman–Crippen MR) is 61.9 cm³/mol. The molecule has 1 unspecified atom stereocenters. The number of amides is 1. The second-order valence-electron chi connectivity index (χ2n) is 4.19. The molecule has 0 N–H and O–H groups in total. The van der Waals surface area contributed by atoms with E-state index in [-0.39, 0.29) is 11.8 Å². The molecule has 0 aromatic heterocycles. The van der Waals surface area contributed by atoms with Gasteiger partial charge in [-0.2, -0.15) is 0 Å². The number of nitrogens with zero attached hydrogens (tertiary/aromatic N) is 1. The van der Waals surface area contributed by atoms with E-state index < -0.39 is 0 Å². The van der Waals surface area contributed by atoms with E-state index in [2.05, 4.69) is 6.92 Å². The number of ether oxygens (including phenoxy) is 1. The van der Waals surface area contributed by atoms with E-state index in [1.807, 2.05) is 29.2 Å². The van der Waals surface area contributed by atoms with Gasteiger partial charge < -0.3 is 9.64 Å². The highest BCUT2D eigenvalue weighted by atomic mass is 16.5. The van der Waals surface area contributed by atoms with Crippen LogP contribution in [0.5, 0.6) is 5.75 Å². The summed E-state index contributed by atoms with van der Waals surface area (Å²) in [5, 5.41) is 0. The highest BCUT2D eigenvalue weighted by molar-refractivity contribution is 5.78. The van der Waals surface area contributed by atoms with E-state index in [0.29, 0.717) is 13.0 Å². The third-order valence-electron chi connectivity index (χ3n) is 2.83. The molecule has 2 rings (SSSR count). The van der Waals surface area contributed by atoms with Crippen LogP contribution in [0.1, 0.15) is 12.0 Å². The lowest BCUT2D eigenvalue weighted by Crippen LogP contribution is -2.24. The minimum absolute atomic E-state index is 0.204. The summed E-state index contributed by atoms with van der Waals surface area (Å²) in [7, 11) is 1.65. The molecule has 16 heavy (non-hydrogen) atoms. The van der Waals surface area contributed by atoms with Crippen LogP contribution in [0.2, 0.25) is 0 Å². The fraction of sp³-hybridized carbons (Fsp3) is 0.385. The Bertz CT molecular complexity index is 372. The molecular weight excluding hydrogens is 202 g/mol. The van der Waals surface area contributed by atoms with E-state index in [1.165, 1.54) is 0 Å². The van der Waals surface area contributed by atoms with Crippen molar-refractivity contribution in [2.45, 2.75) is 13.0 Å². The summed E-state index contributed by atoms with van der Waals surface area (Å²) < 4.78 is 5.09. The van der Waals surface area contributed by atoms with Gasteiger partial charge in [0.25, 0.3) is 0 Å². The fourth-order valence-corrected chi connectivity index (χ4v) is 1.96. The van der Waals surface area contributed by atoms with Crippen molar-refractivity contribution in [2.75, 3.05) is 13.7 Å². The first kappa shape index (κ1) is 11.0. The van der Waals surface area contributed by atoms with Crippen molar-refractivity contribution in [2.24, 2.45) is 5.92 Å². The first-order valence-corrected chi connectivity index (χ1v) is 5.43. The number of rotatable bonds is 3. The third kappa shape index (κ3) is 2.35. The molecule has 0 spiro atoms. The van der Waals surface area contributed by atoms with Gasteiger partial charge in [0, 0.05) is 19.5 Å². The van der Waals surface area contributed by atoms with Crippen molar-refractivity contribution in [1.82, 2.24) is 4.90 Å². The molecule has 1 atom stereocenters. The maximum absolute atomic E-state index is 11.6. The van der Waals surface area contributed by atoms with E-state index in [9.17, 15) is 4.79 Å². The summed E-state index contributed by atoms with van der Waals surface area (Å²) in [5.41, 5.74) is 1.13. The van der Waals surface area contributed by atoms with Gasteiger partial charge in [0.05, 0.1) is 7.11 Å². The smallest absolute Gasteiger partial charge is 0.223 e. The summed E-state index contributed by atoms with van der Waals surface area (Å²) >= 11 is 0. The Morgan fingerprint density at radius 1 is 1.44 bits per heavy atom. The Hall–Kier alpha value is -1.51. The monoisotopic (exact) mass is 218 g/mol. The topological polar surface area (TPSA) is 29.5 Å². The lowest BCUT2D eigenvalue weighted by Gasteiger charge is -2.16. The molecule has 0 aliphatic carbocycles. The van der Waals surface area contributed by atoms with Gasteiger partial charge in [0.1, 0.15) is 5.75 Å². The Labute approximate surface area is 96.0 Å². The van der Waals surface area contributed by atoms with Gasteiger partial charge >= 0.3 is 0 Å². The molecule has 1 amide bonds. The molecule has 1 heterocycles. The van der Waals surface area contributed by atoms with Crippen LogP contribution < -0.4 is 4.74 Å². The predicted octanol–water partition coefficient (Wildman–Crippen LogP) is 1.88. The Morgan fingerprint density at radius 2 is 2.12 bits per heavy atom. The van der Waals surface area contributed by atoms with Crippen LogP contribution in [0, 0.1) is 12.8 Å². The molecule has 85 valence electrons. The number of hydrogen-bond donors (Lipinski definition) is 0. The number of hydrogen-bond acceptors (Lipinski definition) is 2. The van der Waals surface area contributed by atoms with Crippen LogP contribution in [-0.4, -0.2) is 24.5 Å². The minimum Gasteiger partial charge on any atom is -0.497 e. The molecule has 1 saturated heterocycles. The molecule has 0 bridgehead atoms. The number of carbonyl (C=O) groups is 1. The molecule has 1 aromatic rings. The minimum atomic E-state index is 0.204. The molecule has 1 aliphatic rings. The Morgan fingerprint density at radius 3 is 2.62 bits per heavy atom. The van der Waals surface area contributed by atoms with Gasteiger partial charge in [-0.1, -0.05) is 12.1 Å². The summed E-state index contributed by atoms with van der Waals surface area (Å²) in [4.78, 5) is 13.4. The third-order valence-corrected chi connectivity index (χ3v) is 2.83. The first-order chi connectivity index (χ1) is 7.69.